The van der Waals surface area contributed by atoms with E-state index in [1.54, 1.807) is 4.80 Å². The number of hydrogen-bond donors (Lipinski definition) is 0. The van der Waals surface area contributed by atoms with E-state index in [4.69, 9.17) is 14.6 Å². The van der Waals surface area contributed by atoms with Crippen LogP contribution in [0.2, 0.25) is 0 Å². The third-order valence-electron chi connectivity index (χ3n) is 14.3. The predicted octanol–water partition coefficient (Wildman–Crippen LogP) is 13.5. The molecule has 0 amide bonds. The van der Waals surface area contributed by atoms with E-state index in [1.807, 2.05) is 24.3 Å². The summed E-state index contributed by atoms with van der Waals surface area (Å²) in [5.74, 6) is 0. The third-order valence-corrected chi connectivity index (χ3v) is 14.3. The molecule has 0 spiro atoms. The first-order valence-corrected chi connectivity index (χ1v) is 23.5. The second-order valence-electron chi connectivity index (χ2n) is 18.3. The van der Waals surface area contributed by atoms with Crippen LogP contribution in [0.4, 0.5) is 34.1 Å². The van der Waals surface area contributed by atoms with E-state index in [2.05, 4.69) is 215 Å². The molecule has 69 heavy (non-hydrogen) atoms. The Kier molecular flexibility index (Phi) is 7.95. The first kappa shape index (κ1) is 38.0. The van der Waals surface area contributed by atoms with Crippen molar-refractivity contribution in [2.24, 2.45) is 0 Å². The standard InChI is InChI=1S/C61H39BN6O/c1-38-31-56-59-57(32-38)67-54-30-29-39(45-26-16-27-47-46-25-14-15-28-58(46)69-61(45)47)33-48(54)49-34-44(65(40-17-6-2-7-18-40)41-19-8-3-9-20-41)35-51(60(49)67)62(59)50-36-52-53(64-68(63-52)43-23-12-5-13-24-43)37-55(50)66(56)42-21-10-4-11-22-42/h2-37H,1H3. The third kappa shape index (κ3) is 5.57. The first-order chi connectivity index (χ1) is 34.1. The van der Waals surface area contributed by atoms with Crippen LogP contribution in [0.25, 0.3) is 77.3 Å². The SMILES string of the molecule is Cc1cc2c3c(c1)-n1c4ccc(-c5cccc6c5oc5ccccc56)cc4c4cc(N(c5ccccc5)c5ccccc5)cc(c41)B3c1cc3nn(-c4ccccc4)nc3cc1N2c1ccccc1. The maximum absolute atomic E-state index is 6.66. The van der Waals surface area contributed by atoms with Crippen LogP contribution in [0.1, 0.15) is 5.56 Å². The van der Waals surface area contributed by atoms with Gasteiger partial charge in [-0.05, 0) is 138 Å². The smallest absolute Gasteiger partial charge is 0.252 e. The van der Waals surface area contributed by atoms with Gasteiger partial charge in [0.1, 0.15) is 22.2 Å². The van der Waals surface area contributed by atoms with E-state index in [-0.39, 0.29) is 6.71 Å². The molecule has 3 aromatic heterocycles. The van der Waals surface area contributed by atoms with Crippen LogP contribution in [0, 0.1) is 6.92 Å². The zero-order chi connectivity index (χ0) is 45.3. The average molecular weight is 883 g/mol. The molecule has 7 nitrogen and oxygen atoms in total. The highest BCUT2D eigenvalue weighted by Crippen LogP contribution is 2.46. The van der Waals surface area contributed by atoms with Crippen molar-refractivity contribution in [2.75, 3.05) is 9.80 Å². The van der Waals surface area contributed by atoms with Gasteiger partial charge in [0.15, 0.2) is 0 Å². The molecule has 0 N–H and O–H groups in total. The normalized spacial score (nSPS) is 12.7. The van der Waals surface area contributed by atoms with Gasteiger partial charge in [-0.3, -0.25) is 0 Å². The Bertz CT molecular complexity index is 4180. The summed E-state index contributed by atoms with van der Waals surface area (Å²) in [6, 6.07) is 78.5. The Morgan fingerprint density at radius 2 is 1.13 bits per heavy atom. The predicted molar refractivity (Wildman–Crippen MR) is 285 cm³/mol. The Balaban J connectivity index is 1.07. The van der Waals surface area contributed by atoms with E-state index in [0.717, 1.165) is 89.4 Å². The van der Waals surface area contributed by atoms with Crippen LogP contribution >= 0.6 is 0 Å². The lowest BCUT2D eigenvalue weighted by atomic mass is 9.33. The van der Waals surface area contributed by atoms with Gasteiger partial charge in [-0.15, -0.1) is 10.2 Å². The molecular formula is C61H39BN6O. The van der Waals surface area contributed by atoms with Crippen molar-refractivity contribution in [1.82, 2.24) is 19.6 Å². The minimum Gasteiger partial charge on any atom is -0.455 e. The van der Waals surface area contributed by atoms with E-state index in [9.17, 15) is 0 Å². The highest BCUT2D eigenvalue weighted by molar-refractivity contribution is 7.00. The van der Waals surface area contributed by atoms with Crippen LogP contribution in [0.5, 0.6) is 0 Å². The van der Waals surface area contributed by atoms with Crippen molar-refractivity contribution >= 4 is 112 Å². The highest BCUT2D eigenvalue weighted by atomic mass is 16.3. The number of anilines is 6. The molecule has 0 radical (unpaired) electrons. The van der Waals surface area contributed by atoms with Crippen molar-refractivity contribution in [3.63, 3.8) is 0 Å². The van der Waals surface area contributed by atoms with E-state index >= 15 is 0 Å². The Morgan fingerprint density at radius 1 is 0.478 bits per heavy atom. The number of rotatable bonds is 6. The summed E-state index contributed by atoms with van der Waals surface area (Å²) >= 11 is 0. The summed E-state index contributed by atoms with van der Waals surface area (Å²) in [6.07, 6.45) is 0. The van der Waals surface area contributed by atoms with Crippen molar-refractivity contribution in [3.8, 4) is 22.5 Å². The number of benzene rings is 10. The molecule has 5 heterocycles. The van der Waals surface area contributed by atoms with Gasteiger partial charge in [0.25, 0.3) is 6.71 Å². The van der Waals surface area contributed by atoms with Gasteiger partial charge in [-0.1, -0.05) is 115 Å². The fraction of sp³-hybridized carbons (Fsp3) is 0.0164. The van der Waals surface area contributed by atoms with Gasteiger partial charge in [-0.2, -0.15) is 4.80 Å². The van der Waals surface area contributed by atoms with Crippen LogP contribution in [-0.4, -0.2) is 26.3 Å². The molecule has 10 aromatic carbocycles. The molecule has 322 valence electrons. The fourth-order valence-corrected chi connectivity index (χ4v) is 11.5. The summed E-state index contributed by atoms with van der Waals surface area (Å²) in [5, 5.41) is 14.9. The number of aryl methyl sites for hydroxylation is 1. The highest BCUT2D eigenvalue weighted by Gasteiger charge is 2.43. The molecule has 8 heteroatoms. The number of para-hydroxylation sites is 6. The summed E-state index contributed by atoms with van der Waals surface area (Å²) in [6.45, 7) is 2.08. The number of furan rings is 1. The molecule has 0 fully saturated rings. The molecule has 0 saturated heterocycles. The molecule has 0 bridgehead atoms. The molecule has 13 aromatic rings. The quantitative estimate of drug-likeness (QED) is 0.156. The molecule has 2 aliphatic heterocycles. The summed E-state index contributed by atoms with van der Waals surface area (Å²) in [4.78, 5) is 6.62. The molecular weight excluding hydrogens is 844 g/mol. The maximum atomic E-state index is 6.66. The molecule has 0 saturated carbocycles. The average Bonchev–Trinajstić information content (AvgIpc) is 4.10. The van der Waals surface area contributed by atoms with Crippen LogP contribution < -0.4 is 26.2 Å². The Morgan fingerprint density at radius 3 is 1.88 bits per heavy atom. The second-order valence-corrected chi connectivity index (χ2v) is 18.3. The number of hydrogen-bond acceptors (Lipinski definition) is 5. The maximum Gasteiger partial charge on any atom is 0.252 e. The fourth-order valence-electron chi connectivity index (χ4n) is 11.5. The number of fused-ring (bicyclic) bond motifs is 11. The topological polar surface area (TPSA) is 55.3 Å². The minimum atomic E-state index is -0.145. The summed E-state index contributed by atoms with van der Waals surface area (Å²) in [5.41, 5.74) is 21.6. The van der Waals surface area contributed by atoms with Gasteiger partial charge < -0.3 is 18.8 Å². The molecule has 0 aliphatic carbocycles. The van der Waals surface area contributed by atoms with Gasteiger partial charge in [0.2, 0.25) is 0 Å². The zero-order valence-electron chi connectivity index (χ0n) is 37.5. The van der Waals surface area contributed by atoms with Crippen molar-refractivity contribution in [2.45, 2.75) is 6.92 Å². The van der Waals surface area contributed by atoms with Crippen molar-refractivity contribution in [3.05, 3.63) is 224 Å². The van der Waals surface area contributed by atoms with Gasteiger partial charge in [0, 0.05) is 72.4 Å². The molecule has 2 aliphatic rings. The molecule has 0 atom stereocenters. The lowest BCUT2D eigenvalue weighted by molar-refractivity contribution is 0.670. The monoisotopic (exact) mass is 882 g/mol. The Hall–Kier alpha value is -9.14. The van der Waals surface area contributed by atoms with Crippen molar-refractivity contribution in [1.29, 1.82) is 0 Å². The van der Waals surface area contributed by atoms with Gasteiger partial charge in [0.05, 0.1) is 11.2 Å². The summed E-state index contributed by atoms with van der Waals surface area (Å²) < 4.78 is 9.21. The largest absolute Gasteiger partial charge is 0.455 e. The van der Waals surface area contributed by atoms with Crippen molar-refractivity contribution < 1.29 is 4.42 Å². The molecule has 0 unspecified atom stereocenters. The first-order valence-electron chi connectivity index (χ1n) is 23.5. The molecule has 15 rings (SSSR count). The van der Waals surface area contributed by atoms with Crippen LogP contribution in [0.15, 0.2) is 223 Å². The number of nitrogens with zero attached hydrogens (tertiary/aromatic N) is 6. The van der Waals surface area contributed by atoms with E-state index in [1.165, 1.54) is 43.9 Å². The van der Waals surface area contributed by atoms with Crippen LogP contribution in [-0.2, 0) is 0 Å². The van der Waals surface area contributed by atoms with Gasteiger partial charge in [-0.25, -0.2) is 0 Å². The minimum absolute atomic E-state index is 0.145. The zero-order valence-corrected chi connectivity index (χ0v) is 37.5. The van der Waals surface area contributed by atoms with E-state index in [0.29, 0.717) is 0 Å². The lowest BCUT2D eigenvalue weighted by Gasteiger charge is -2.40. The van der Waals surface area contributed by atoms with E-state index < -0.39 is 0 Å². The van der Waals surface area contributed by atoms with Gasteiger partial charge >= 0.3 is 0 Å². The van der Waals surface area contributed by atoms with Crippen LogP contribution in [0.3, 0.4) is 0 Å². The second kappa shape index (κ2) is 14.4. The number of aromatic nitrogens is 4. The Labute approximate surface area is 397 Å². The summed E-state index contributed by atoms with van der Waals surface area (Å²) in [7, 11) is 0. The lowest BCUT2D eigenvalue weighted by Crippen LogP contribution is -2.60.